The van der Waals surface area contributed by atoms with Crippen LogP contribution in [0.25, 0.3) is 0 Å². The molecule has 0 radical (unpaired) electrons. The molecule has 0 bridgehead atoms. The van der Waals surface area contributed by atoms with Crippen LogP contribution in [0.3, 0.4) is 0 Å². The Balaban J connectivity index is 0.000000640. The molecular weight excluding hydrogens is 188 g/mol. The van der Waals surface area contributed by atoms with Crippen molar-refractivity contribution in [1.82, 2.24) is 4.90 Å². The van der Waals surface area contributed by atoms with Gasteiger partial charge in [0.25, 0.3) is 0 Å². The largest absolute Gasteiger partial charge is 1.00 e. The molecule has 1 aliphatic heterocycles. The molecule has 2 nitrogen and oxygen atoms in total. The summed E-state index contributed by atoms with van der Waals surface area (Å²) in [5.74, 6) is 0.153. The third-order valence-electron chi connectivity index (χ3n) is 1.26. The minimum atomic E-state index is 0. The van der Waals surface area contributed by atoms with E-state index in [1.807, 2.05) is 0 Å². The van der Waals surface area contributed by atoms with E-state index in [9.17, 15) is 4.79 Å². The predicted octanol–water partition coefficient (Wildman–Crippen LogP) is -2.44. The van der Waals surface area contributed by atoms with Gasteiger partial charge in [-0.1, -0.05) is 0 Å². The summed E-state index contributed by atoms with van der Waals surface area (Å²) in [6.07, 6.45) is 4.18. The van der Waals surface area contributed by atoms with Crippen molar-refractivity contribution < 1.29 is 63.0 Å². The molecule has 0 aromatic heterocycles. The summed E-state index contributed by atoms with van der Waals surface area (Å²) in [5.41, 5.74) is 0. The monoisotopic (exact) mass is 195 g/mol. The average molecular weight is 196 g/mol. The fourth-order valence-corrected chi connectivity index (χ4v) is 0.815. The van der Waals surface area contributed by atoms with Gasteiger partial charge in [-0.2, -0.15) is 12.8 Å². The van der Waals surface area contributed by atoms with Crippen molar-refractivity contribution in [3.05, 3.63) is 12.8 Å². The van der Waals surface area contributed by atoms with Crippen LogP contribution in [0.15, 0.2) is 6.58 Å². The van der Waals surface area contributed by atoms with Gasteiger partial charge in [0.2, 0.25) is 0 Å². The number of carbonyl (C=O) groups is 1. The van der Waals surface area contributed by atoms with E-state index in [1.165, 1.54) is 4.90 Å². The van der Waals surface area contributed by atoms with Gasteiger partial charge in [-0.3, -0.25) is 0 Å². The van der Waals surface area contributed by atoms with Crippen molar-refractivity contribution in [1.29, 1.82) is 0 Å². The van der Waals surface area contributed by atoms with Crippen LogP contribution >= 0.6 is 0 Å². The molecule has 0 unspecified atom stereocenters. The molecule has 0 spiro atoms. The van der Waals surface area contributed by atoms with Gasteiger partial charge in [-0.05, 0) is 19.4 Å². The fourth-order valence-electron chi connectivity index (χ4n) is 0.815. The summed E-state index contributed by atoms with van der Waals surface area (Å²) >= 11 is 0. The predicted molar refractivity (Wildman–Crippen MR) is 29.8 cm³/mol. The van der Waals surface area contributed by atoms with Gasteiger partial charge in [-0.25, -0.2) is 0 Å². The molecule has 1 amide bonds. The SMILES string of the molecule is C=[C-]N1CCCC1=O.[Rb+]. The first kappa shape index (κ1) is 10.0. The number of amides is 1. The number of carbonyl (C=O) groups excluding carboxylic acids is 1. The zero-order chi connectivity index (χ0) is 5.98. The van der Waals surface area contributed by atoms with Crippen molar-refractivity contribution in [3.8, 4) is 0 Å². The molecule has 3 heteroatoms. The smallest absolute Gasteiger partial charge is 0.483 e. The van der Waals surface area contributed by atoms with Crippen LogP contribution in [0, 0.1) is 6.20 Å². The number of likely N-dealkylation sites (tertiary alicyclic amines) is 1. The van der Waals surface area contributed by atoms with E-state index in [0.29, 0.717) is 6.42 Å². The van der Waals surface area contributed by atoms with Gasteiger partial charge in [0.15, 0.2) is 0 Å². The second-order valence-electron chi connectivity index (χ2n) is 1.81. The normalized spacial score (nSPS) is 17.3. The number of hydrogen-bond donors (Lipinski definition) is 0. The molecule has 1 heterocycles. The Morgan fingerprint density at radius 3 is 2.56 bits per heavy atom. The third-order valence-corrected chi connectivity index (χ3v) is 1.26. The Bertz CT molecular complexity index is 124. The maximum atomic E-state index is 10.6. The fraction of sp³-hybridized carbons (Fsp3) is 0.500. The zero-order valence-electron chi connectivity index (χ0n) is 5.68. The summed E-state index contributed by atoms with van der Waals surface area (Å²) in [4.78, 5) is 12.2. The first-order chi connectivity index (χ1) is 3.84. The van der Waals surface area contributed by atoms with Gasteiger partial charge in [-0.15, -0.1) is 0 Å². The van der Waals surface area contributed by atoms with Crippen LogP contribution in [0.2, 0.25) is 0 Å². The van der Waals surface area contributed by atoms with E-state index in [-0.39, 0.29) is 64.1 Å². The van der Waals surface area contributed by atoms with Gasteiger partial charge in [0.1, 0.15) is 0 Å². The maximum Gasteiger partial charge on any atom is 1.00 e. The molecule has 1 rings (SSSR count). The zero-order valence-corrected chi connectivity index (χ0v) is 10.6. The Morgan fingerprint density at radius 2 is 2.33 bits per heavy atom. The van der Waals surface area contributed by atoms with E-state index in [2.05, 4.69) is 12.8 Å². The van der Waals surface area contributed by atoms with Crippen LogP contribution in [0.1, 0.15) is 12.8 Å². The van der Waals surface area contributed by atoms with Crippen LogP contribution in [0.5, 0.6) is 0 Å². The summed E-state index contributed by atoms with van der Waals surface area (Å²) < 4.78 is 0. The summed E-state index contributed by atoms with van der Waals surface area (Å²) in [6, 6.07) is 0. The quantitative estimate of drug-likeness (QED) is 0.426. The molecule has 9 heavy (non-hydrogen) atoms. The molecule has 0 aromatic rings. The summed E-state index contributed by atoms with van der Waals surface area (Å²) in [7, 11) is 0. The molecule has 0 saturated carbocycles. The molecule has 0 atom stereocenters. The van der Waals surface area contributed by atoms with Crippen LogP contribution in [-0.4, -0.2) is 17.4 Å². The van der Waals surface area contributed by atoms with Crippen molar-refractivity contribution in [3.63, 3.8) is 0 Å². The first-order valence-corrected chi connectivity index (χ1v) is 2.67. The van der Waals surface area contributed by atoms with E-state index in [1.54, 1.807) is 0 Å². The van der Waals surface area contributed by atoms with Crippen LogP contribution < -0.4 is 58.2 Å². The minimum Gasteiger partial charge on any atom is -0.483 e. The van der Waals surface area contributed by atoms with E-state index in [4.69, 9.17) is 0 Å². The Labute approximate surface area is 104 Å². The average Bonchev–Trinajstić information content (AvgIpc) is 2.14. The van der Waals surface area contributed by atoms with E-state index < -0.39 is 0 Å². The second-order valence-corrected chi connectivity index (χ2v) is 1.81. The minimum absolute atomic E-state index is 0. The number of hydrogen-bond acceptors (Lipinski definition) is 1. The molecule has 1 aliphatic rings. The third kappa shape index (κ3) is 2.62. The van der Waals surface area contributed by atoms with Gasteiger partial charge < -0.3 is 9.69 Å². The number of nitrogens with zero attached hydrogens (tertiary/aromatic N) is 1. The standard InChI is InChI=1S/C6H8NO.Rb/c1-2-7-5-3-4-6(7)8;/h1,3-5H2;/q-1;+1. The van der Waals surface area contributed by atoms with Gasteiger partial charge >= 0.3 is 58.2 Å². The second kappa shape index (κ2) is 4.77. The Morgan fingerprint density at radius 1 is 1.67 bits per heavy atom. The molecule has 44 valence electrons. The van der Waals surface area contributed by atoms with Crippen LogP contribution in [0.4, 0.5) is 0 Å². The topological polar surface area (TPSA) is 20.3 Å². The molecule has 1 saturated heterocycles. The van der Waals surface area contributed by atoms with Crippen molar-refractivity contribution >= 4 is 5.91 Å². The first-order valence-electron chi connectivity index (χ1n) is 2.67. The van der Waals surface area contributed by atoms with Gasteiger partial charge in [0, 0.05) is 0 Å². The summed E-state index contributed by atoms with van der Waals surface area (Å²) in [6.45, 7) is 4.18. The Kier molecular flexibility index (Phi) is 5.31. The van der Waals surface area contributed by atoms with Crippen LogP contribution in [-0.2, 0) is 4.79 Å². The van der Waals surface area contributed by atoms with Crippen molar-refractivity contribution in [2.24, 2.45) is 0 Å². The number of rotatable bonds is 1. The van der Waals surface area contributed by atoms with E-state index in [0.717, 1.165) is 13.0 Å². The van der Waals surface area contributed by atoms with Gasteiger partial charge in [0.05, 0.1) is 5.91 Å². The molecule has 1 fully saturated rings. The summed E-state index contributed by atoms with van der Waals surface area (Å²) in [5, 5.41) is 0. The molecule has 0 N–H and O–H groups in total. The molecule has 0 aliphatic carbocycles. The molecular formula is C6H8NORb. The van der Waals surface area contributed by atoms with Crippen molar-refractivity contribution in [2.75, 3.05) is 6.54 Å². The molecule has 0 aromatic carbocycles. The van der Waals surface area contributed by atoms with Crippen molar-refractivity contribution in [2.45, 2.75) is 12.8 Å². The maximum absolute atomic E-state index is 10.6. The van der Waals surface area contributed by atoms with E-state index >= 15 is 0 Å². The Hall–Kier alpha value is 1.02.